The lowest BCUT2D eigenvalue weighted by atomic mass is 9.84. The van der Waals surface area contributed by atoms with Crippen molar-refractivity contribution in [2.75, 3.05) is 11.5 Å². The monoisotopic (exact) mass is 383 g/mol. The van der Waals surface area contributed by atoms with E-state index in [1.807, 2.05) is 54.6 Å². The Balaban J connectivity index is 1.82. The van der Waals surface area contributed by atoms with Crippen LogP contribution in [0, 0.1) is 0 Å². The predicted octanol–water partition coefficient (Wildman–Crippen LogP) is 3.78. The fraction of sp³-hybridized carbons (Fsp3) is 0.158. The molecule has 0 unspecified atom stereocenters. The second-order valence-corrected chi connectivity index (χ2v) is 6.73. The molecule has 5 heteroatoms. The average Bonchev–Trinajstić information content (AvgIpc) is 2.97. The first-order valence-electron chi connectivity index (χ1n) is 7.69. The lowest BCUT2D eigenvalue weighted by Gasteiger charge is -2.31. The number of ether oxygens (including phenoxy) is 1. The first kappa shape index (κ1) is 15.1. The fourth-order valence-corrected chi connectivity index (χ4v) is 3.57. The molecule has 2 aromatic rings. The number of anilines is 1. The molecule has 4 nitrogen and oxygen atoms in total. The zero-order chi connectivity index (χ0) is 16.7. The first-order valence-corrected chi connectivity index (χ1v) is 8.48. The second kappa shape index (κ2) is 5.91. The maximum Gasteiger partial charge on any atom is 0.336 e. The summed E-state index contributed by atoms with van der Waals surface area (Å²) in [6, 6.07) is 17.1. The van der Waals surface area contributed by atoms with Crippen molar-refractivity contribution in [3.8, 4) is 0 Å². The number of rotatable bonds is 2. The Morgan fingerprint density at radius 2 is 1.71 bits per heavy atom. The van der Waals surface area contributed by atoms with E-state index in [0.29, 0.717) is 11.3 Å². The minimum absolute atomic E-state index is 0.0221. The van der Waals surface area contributed by atoms with Crippen LogP contribution in [0.3, 0.4) is 0 Å². The maximum absolute atomic E-state index is 12.8. The number of benzene rings is 2. The first-order chi connectivity index (χ1) is 11.6. The summed E-state index contributed by atoms with van der Waals surface area (Å²) in [7, 11) is 0. The van der Waals surface area contributed by atoms with Gasteiger partial charge in [0.05, 0.1) is 11.3 Å². The molecule has 0 saturated carbocycles. The summed E-state index contributed by atoms with van der Waals surface area (Å²) in [5, 5.41) is 0. The SMILES string of the molecule is O=C1OCC2=C1[C@H](c1ccc(Br)cc1)CC(=O)N2c1ccccc1. The lowest BCUT2D eigenvalue weighted by molar-refractivity contribution is -0.136. The molecule has 0 N–H and O–H groups in total. The molecule has 1 atom stereocenters. The molecule has 24 heavy (non-hydrogen) atoms. The van der Waals surface area contributed by atoms with Gasteiger partial charge in [0.2, 0.25) is 5.91 Å². The van der Waals surface area contributed by atoms with Gasteiger partial charge in [-0.05, 0) is 29.8 Å². The normalized spacial score (nSPS) is 20.2. The van der Waals surface area contributed by atoms with E-state index in [1.165, 1.54) is 0 Å². The molecular weight excluding hydrogens is 370 g/mol. The molecule has 2 aliphatic heterocycles. The largest absolute Gasteiger partial charge is 0.456 e. The number of halogens is 1. The third-order valence-corrected chi connectivity index (χ3v) is 4.93. The number of para-hydroxylation sites is 1. The van der Waals surface area contributed by atoms with Gasteiger partial charge < -0.3 is 4.74 Å². The van der Waals surface area contributed by atoms with Gasteiger partial charge in [0.1, 0.15) is 6.61 Å². The molecule has 0 fully saturated rings. The lowest BCUT2D eigenvalue weighted by Crippen LogP contribution is -2.37. The van der Waals surface area contributed by atoms with Crippen molar-refractivity contribution in [2.45, 2.75) is 12.3 Å². The topological polar surface area (TPSA) is 46.6 Å². The van der Waals surface area contributed by atoms with E-state index in [9.17, 15) is 9.59 Å². The molecule has 0 aliphatic carbocycles. The van der Waals surface area contributed by atoms with E-state index in [2.05, 4.69) is 15.9 Å². The van der Waals surface area contributed by atoms with Gasteiger partial charge in [-0.3, -0.25) is 9.69 Å². The van der Waals surface area contributed by atoms with Gasteiger partial charge in [-0.1, -0.05) is 46.3 Å². The van der Waals surface area contributed by atoms with Gasteiger partial charge in [-0.25, -0.2) is 4.79 Å². The van der Waals surface area contributed by atoms with Crippen LogP contribution in [0.5, 0.6) is 0 Å². The standard InChI is InChI=1S/C19H14BrNO3/c20-13-8-6-12(7-9-13)15-10-17(22)21(14-4-2-1-3-5-14)16-11-24-19(23)18(15)16/h1-9,15H,10-11H2/t15-/m0/s1. The number of hydrogen-bond donors (Lipinski definition) is 0. The molecule has 0 spiro atoms. The van der Waals surface area contributed by atoms with E-state index in [4.69, 9.17) is 4.74 Å². The Kier molecular flexibility index (Phi) is 3.73. The minimum Gasteiger partial charge on any atom is -0.456 e. The van der Waals surface area contributed by atoms with Crippen LogP contribution >= 0.6 is 15.9 Å². The fourth-order valence-electron chi connectivity index (χ4n) is 3.31. The van der Waals surface area contributed by atoms with Gasteiger partial charge in [0, 0.05) is 22.5 Å². The molecule has 0 aromatic heterocycles. The number of nitrogens with zero attached hydrogens (tertiary/aromatic N) is 1. The predicted molar refractivity (Wildman–Crippen MR) is 93.4 cm³/mol. The smallest absolute Gasteiger partial charge is 0.336 e. The highest BCUT2D eigenvalue weighted by Gasteiger charge is 2.42. The van der Waals surface area contributed by atoms with Gasteiger partial charge in [-0.15, -0.1) is 0 Å². The summed E-state index contributed by atoms with van der Waals surface area (Å²) in [5.74, 6) is -0.604. The van der Waals surface area contributed by atoms with Crippen LogP contribution in [0.4, 0.5) is 5.69 Å². The minimum atomic E-state index is -0.327. The van der Waals surface area contributed by atoms with Crippen molar-refractivity contribution in [1.29, 1.82) is 0 Å². The van der Waals surface area contributed by atoms with Crippen LogP contribution in [0.2, 0.25) is 0 Å². The third-order valence-electron chi connectivity index (χ3n) is 4.40. The van der Waals surface area contributed by atoms with Crippen molar-refractivity contribution >= 4 is 33.5 Å². The number of amides is 1. The Hall–Kier alpha value is -2.40. The molecule has 0 bridgehead atoms. The Bertz CT molecular complexity index is 843. The highest BCUT2D eigenvalue weighted by Crippen LogP contribution is 2.41. The Morgan fingerprint density at radius 1 is 1.00 bits per heavy atom. The van der Waals surface area contributed by atoms with Gasteiger partial charge in [0.25, 0.3) is 0 Å². The van der Waals surface area contributed by atoms with Crippen molar-refractivity contribution in [2.24, 2.45) is 0 Å². The number of hydrogen-bond acceptors (Lipinski definition) is 3. The summed E-state index contributed by atoms with van der Waals surface area (Å²) < 4.78 is 6.22. The van der Waals surface area contributed by atoms with E-state index < -0.39 is 0 Å². The number of carbonyl (C=O) groups excluding carboxylic acids is 2. The highest BCUT2D eigenvalue weighted by atomic mass is 79.9. The third kappa shape index (κ3) is 2.45. The summed E-state index contributed by atoms with van der Waals surface area (Å²) in [4.78, 5) is 26.7. The maximum atomic E-state index is 12.8. The van der Waals surface area contributed by atoms with Gasteiger partial charge in [-0.2, -0.15) is 0 Å². The van der Waals surface area contributed by atoms with E-state index in [1.54, 1.807) is 4.90 Å². The second-order valence-electron chi connectivity index (χ2n) is 5.81. The molecule has 0 saturated heterocycles. The van der Waals surface area contributed by atoms with Crippen molar-refractivity contribution in [1.82, 2.24) is 0 Å². The summed E-state index contributed by atoms with van der Waals surface area (Å²) in [6.07, 6.45) is 0.254. The summed E-state index contributed by atoms with van der Waals surface area (Å²) in [5.41, 5.74) is 2.98. The van der Waals surface area contributed by atoms with Crippen LogP contribution in [0.25, 0.3) is 0 Å². The van der Waals surface area contributed by atoms with Crippen molar-refractivity contribution in [3.05, 3.63) is 75.9 Å². The van der Waals surface area contributed by atoms with Gasteiger partial charge in [0.15, 0.2) is 0 Å². The summed E-state index contributed by atoms with van der Waals surface area (Å²) >= 11 is 3.41. The molecule has 1 amide bonds. The van der Waals surface area contributed by atoms with Crippen LogP contribution in [0.1, 0.15) is 17.9 Å². The van der Waals surface area contributed by atoms with E-state index in [-0.39, 0.29) is 30.8 Å². The number of esters is 1. The zero-order valence-corrected chi connectivity index (χ0v) is 14.3. The average molecular weight is 384 g/mol. The highest BCUT2D eigenvalue weighted by molar-refractivity contribution is 9.10. The quantitative estimate of drug-likeness (QED) is 0.741. The van der Waals surface area contributed by atoms with Crippen LogP contribution < -0.4 is 4.90 Å². The zero-order valence-electron chi connectivity index (χ0n) is 12.7. The van der Waals surface area contributed by atoms with Crippen molar-refractivity contribution < 1.29 is 14.3 Å². The molecular formula is C19H14BrNO3. The van der Waals surface area contributed by atoms with Crippen molar-refractivity contribution in [3.63, 3.8) is 0 Å². The Labute approximate surface area is 147 Å². The van der Waals surface area contributed by atoms with E-state index >= 15 is 0 Å². The molecule has 2 aromatic carbocycles. The molecule has 4 rings (SSSR count). The van der Waals surface area contributed by atoms with Crippen LogP contribution in [-0.2, 0) is 14.3 Å². The molecule has 2 heterocycles. The number of carbonyl (C=O) groups is 2. The Morgan fingerprint density at radius 3 is 2.42 bits per heavy atom. The molecule has 0 radical (unpaired) electrons. The molecule has 120 valence electrons. The van der Waals surface area contributed by atoms with Crippen LogP contribution in [-0.4, -0.2) is 18.5 Å². The molecule has 2 aliphatic rings. The summed E-state index contributed by atoms with van der Waals surface area (Å²) in [6.45, 7) is 0.141. The van der Waals surface area contributed by atoms with E-state index in [0.717, 1.165) is 15.7 Å². The number of cyclic esters (lactones) is 1. The van der Waals surface area contributed by atoms with Crippen LogP contribution in [0.15, 0.2) is 70.3 Å². The van der Waals surface area contributed by atoms with Gasteiger partial charge >= 0.3 is 5.97 Å².